The third-order valence-electron chi connectivity index (χ3n) is 2.77. The van der Waals surface area contributed by atoms with Crippen molar-refractivity contribution in [2.24, 2.45) is 0 Å². The van der Waals surface area contributed by atoms with Crippen LogP contribution in [0.15, 0.2) is 35.8 Å². The van der Waals surface area contributed by atoms with Gasteiger partial charge in [-0.2, -0.15) is 0 Å². The second-order valence-corrected chi connectivity index (χ2v) is 5.23. The Bertz CT molecular complexity index is 468. The molecule has 0 amide bonds. The molecule has 0 aliphatic heterocycles. The van der Waals surface area contributed by atoms with Gasteiger partial charge in [-0.25, -0.2) is 4.98 Å². The van der Waals surface area contributed by atoms with Crippen LogP contribution in [0, 0.1) is 0 Å². The molecule has 0 unspecified atom stereocenters. The molecular weight excluding hydrogens is 242 g/mol. The summed E-state index contributed by atoms with van der Waals surface area (Å²) in [5, 5.41) is 5.47. The van der Waals surface area contributed by atoms with Gasteiger partial charge in [0.25, 0.3) is 0 Å². The molecule has 0 aliphatic carbocycles. The number of nitrogens with one attached hydrogen (secondary N) is 1. The Morgan fingerprint density at radius 1 is 1.33 bits per heavy atom. The van der Waals surface area contributed by atoms with Gasteiger partial charge in [0.2, 0.25) is 0 Å². The van der Waals surface area contributed by atoms with E-state index in [0.29, 0.717) is 0 Å². The van der Waals surface area contributed by atoms with E-state index >= 15 is 0 Å². The van der Waals surface area contributed by atoms with Gasteiger partial charge in [-0.15, -0.1) is 11.3 Å². The summed E-state index contributed by atoms with van der Waals surface area (Å²) in [7, 11) is 2.09. The molecule has 0 atom stereocenters. The van der Waals surface area contributed by atoms with E-state index in [1.807, 2.05) is 12.3 Å². The van der Waals surface area contributed by atoms with E-state index in [9.17, 15) is 0 Å². The molecule has 0 fully saturated rings. The van der Waals surface area contributed by atoms with Crippen molar-refractivity contribution >= 4 is 17.2 Å². The quantitative estimate of drug-likeness (QED) is 0.866. The van der Waals surface area contributed by atoms with Gasteiger partial charge in [0.1, 0.15) is 5.82 Å². The van der Waals surface area contributed by atoms with Crippen molar-refractivity contribution in [1.29, 1.82) is 0 Å². The van der Waals surface area contributed by atoms with Crippen LogP contribution in [0.1, 0.15) is 17.4 Å². The van der Waals surface area contributed by atoms with Gasteiger partial charge in [-0.1, -0.05) is 19.1 Å². The summed E-state index contributed by atoms with van der Waals surface area (Å²) in [6, 6.07) is 8.38. The molecule has 96 valence electrons. The number of rotatable bonds is 6. The van der Waals surface area contributed by atoms with Gasteiger partial charge in [0.15, 0.2) is 0 Å². The van der Waals surface area contributed by atoms with Gasteiger partial charge < -0.3 is 10.2 Å². The van der Waals surface area contributed by atoms with Crippen molar-refractivity contribution < 1.29 is 0 Å². The van der Waals surface area contributed by atoms with Crippen LogP contribution < -0.4 is 10.2 Å². The molecule has 0 aromatic carbocycles. The molecule has 1 N–H and O–H groups in total. The normalized spacial score (nSPS) is 10.6. The van der Waals surface area contributed by atoms with E-state index in [2.05, 4.69) is 52.8 Å². The fourth-order valence-electron chi connectivity index (χ4n) is 1.88. The molecule has 3 nitrogen and oxygen atoms in total. The van der Waals surface area contributed by atoms with Crippen molar-refractivity contribution in [3.05, 3.63) is 46.3 Å². The highest BCUT2D eigenvalue weighted by atomic mass is 32.1. The maximum absolute atomic E-state index is 4.50. The number of pyridine rings is 1. The van der Waals surface area contributed by atoms with E-state index in [0.717, 1.165) is 25.5 Å². The molecule has 0 saturated heterocycles. The van der Waals surface area contributed by atoms with Gasteiger partial charge in [-0.05, 0) is 24.1 Å². The van der Waals surface area contributed by atoms with Crippen LogP contribution in [-0.4, -0.2) is 18.6 Å². The Morgan fingerprint density at radius 2 is 2.22 bits per heavy atom. The lowest BCUT2D eigenvalue weighted by molar-refractivity contribution is 0.719. The first kappa shape index (κ1) is 13.1. The highest BCUT2D eigenvalue weighted by molar-refractivity contribution is 7.09. The highest BCUT2D eigenvalue weighted by Crippen LogP contribution is 2.19. The standard InChI is InChI=1S/C14H19N3S/c1-3-15-10-12-6-4-8-16-14(12)17(2)11-13-7-5-9-18-13/h4-9,15H,3,10-11H2,1-2H3. The van der Waals surface area contributed by atoms with E-state index < -0.39 is 0 Å². The van der Waals surface area contributed by atoms with Crippen molar-refractivity contribution in [1.82, 2.24) is 10.3 Å². The Morgan fingerprint density at radius 3 is 2.94 bits per heavy atom. The first-order chi connectivity index (χ1) is 8.81. The average Bonchev–Trinajstić information content (AvgIpc) is 2.89. The lowest BCUT2D eigenvalue weighted by Crippen LogP contribution is -2.21. The summed E-state index contributed by atoms with van der Waals surface area (Å²) in [6.07, 6.45) is 1.86. The van der Waals surface area contributed by atoms with Crippen LogP contribution in [0.2, 0.25) is 0 Å². The highest BCUT2D eigenvalue weighted by Gasteiger charge is 2.09. The Hall–Kier alpha value is -1.39. The van der Waals surface area contributed by atoms with Crippen molar-refractivity contribution in [2.75, 3.05) is 18.5 Å². The average molecular weight is 261 g/mol. The third kappa shape index (κ3) is 3.31. The van der Waals surface area contributed by atoms with Gasteiger partial charge in [0.05, 0.1) is 6.54 Å². The number of nitrogens with zero attached hydrogens (tertiary/aromatic N) is 2. The van der Waals surface area contributed by atoms with E-state index in [-0.39, 0.29) is 0 Å². The van der Waals surface area contributed by atoms with Crippen LogP contribution in [0.3, 0.4) is 0 Å². The van der Waals surface area contributed by atoms with Crippen molar-refractivity contribution in [3.8, 4) is 0 Å². The lowest BCUT2D eigenvalue weighted by Gasteiger charge is -2.20. The van der Waals surface area contributed by atoms with E-state index in [4.69, 9.17) is 0 Å². The molecule has 0 radical (unpaired) electrons. The molecule has 0 spiro atoms. The molecule has 2 aromatic heterocycles. The van der Waals surface area contributed by atoms with Crippen LogP contribution in [0.5, 0.6) is 0 Å². The molecule has 0 bridgehead atoms. The molecule has 0 saturated carbocycles. The van der Waals surface area contributed by atoms with E-state index in [1.165, 1.54) is 10.4 Å². The minimum absolute atomic E-state index is 0.869. The molecule has 4 heteroatoms. The summed E-state index contributed by atoms with van der Waals surface area (Å²) < 4.78 is 0. The zero-order chi connectivity index (χ0) is 12.8. The first-order valence-electron chi connectivity index (χ1n) is 6.19. The van der Waals surface area contributed by atoms with Crippen molar-refractivity contribution in [3.63, 3.8) is 0 Å². The van der Waals surface area contributed by atoms with Gasteiger partial charge >= 0.3 is 0 Å². The number of hydrogen-bond donors (Lipinski definition) is 1. The first-order valence-corrected chi connectivity index (χ1v) is 7.07. The Labute approximate surface area is 112 Å². The molecule has 2 aromatic rings. The summed E-state index contributed by atoms with van der Waals surface area (Å²) in [4.78, 5) is 8.07. The molecule has 18 heavy (non-hydrogen) atoms. The number of thiophene rings is 1. The fraction of sp³-hybridized carbons (Fsp3) is 0.357. The molecule has 2 rings (SSSR count). The fourth-order valence-corrected chi connectivity index (χ4v) is 2.64. The van der Waals surface area contributed by atoms with Crippen LogP contribution >= 0.6 is 11.3 Å². The molecule has 0 aliphatic rings. The second kappa shape index (κ2) is 6.52. The minimum Gasteiger partial charge on any atom is -0.354 e. The zero-order valence-corrected chi connectivity index (χ0v) is 11.7. The van der Waals surface area contributed by atoms with Crippen LogP contribution in [0.4, 0.5) is 5.82 Å². The maximum atomic E-state index is 4.50. The lowest BCUT2D eigenvalue weighted by atomic mass is 10.2. The topological polar surface area (TPSA) is 28.2 Å². The predicted octanol–water partition coefficient (Wildman–Crippen LogP) is 2.89. The number of anilines is 1. The molecular formula is C14H19N3S. The monoisotopic (exact) mass is 261 g/mol. The third-order valence-corrected chi connectivity index (χ3v) is 3.63. The smallest absolute Gasteiger partial charge is 0.133 e. The summed E-state index contributed by atoms with van der Waals surface area (Å²) in [5.74, 6) is 1.06. The van der Waals surface area contributed by atoms with Gasteiger partial charge in [0, 0.05) is 30.2 Å². The maximum Gasteiger partial charge on any atom is 0.133 e. The van der Waals surface area contributed by atoms with Gasteiger partial charge in [-0.3, -0.25) is 0 Å². The minimum atomic E-state index is 0.869. The number of hydrogen-bond acceptors (Lipinski definition) is 4. The second-order valence-electron chi connectivity index (χ2n) is 4.20. The van der Waals surface area contributed by atoms with Crippen LogP contribution in [0.25, 0.3) is 0 Å². The zero-order valence-electron chi connectivity index (χ0n) is 10.9. The van der Waals surface area contributed by atoms with Crippen molar-refractivity contribution in [2.45, 2.75) is 20.0 Å². The van der Waals surface area contributed by atoms with Crippen LogP contribution in [-0.2, 0) is 13.1 Å². The molecule has 2 heterocycles. The number of aromatic nitrogens is 1. The Kier molecular flexibility index (Phi) is 4.73. The Balaban J connectivity index is 2.11. The van der Waals surface area contributed by atoms with E-state index in [1.54, 1.807) is 11.3 Å². The SMILES string of the molecule is CCNCc1cccnc1N(C)Cc1cccs1. The summed E-state index contributed by atoms with van der Waals surface area (Å²) in [6.45, 7) is 4.87. The predicted molar refractivity (Wildman–Crippen MR) is 78.0 cm³/mol. The summed E-state index contributed by atoms with van der Waals surface area (Å²) in [5.41, 5.74) is 1.25. The largest absolute Gasteiger partial charge is 0.354 e. The summed E-state index contributed by atoms with van der Waals surface area (Å²) >= 11 is 1.78.